The van der Waals surface area contributed by atoms with Gasteiger partial charge in [-0.2, -0.15) is 0 Å². The Morgan fingerprint density at radius 2 is 0.735 bits per heavy atom. The summed E-state index contributed by atoms with van der Waals surface area (Å²) in [5, 5.41) is 0. The average Bonchev–Trinajstić information content (AvgIpc) is 2.76. The van der Waals surface area contributed by atoms with Crippen LogP contribution in [0.3, 0.4) is 0 Å². The Hall–Kier alpha value is -2.51. The van der Waals surface area contributed by atoms with E-state index in [1.165, 1.54) is 16.7 Å². The van der Waals surface area contributed by atoms with Crippen LogP contribution in [0.5, 0.6) is 17.2 Å². The maximum Gasteiger partial charge on any atom is 0.530 e. The van der Waals surface area contributed by atoms with E-state index >= 15 is 0 Å². The number of hydrogen-bond donors (Lipinski definition) is 0. The van der Waals surface area contributed by atoms with Crippen LogP contribution in [0.4, 0.5) is 0 Å². The molecular weight excluding hydrogens is 439 g/mol. The molecule has 0 aliphatic heterocycles. The van der Waals surface area contributed by atoms with Gasteiger partial charge in [-0.05, 0) is 73.4 Å². The van der Waals surface area contributed by atoms with Crippen molar-refractivity contribution in [2.24, 2.45) is 0 Å². The third-order valence-corrected chi connectivity index (χ3v) is 6.92. The van der Waals surface area contributed by atoms with Gasteiger partial charge in [0.1, 0.15) is 17.2 Å². The van der Waals surface area contributed by atoms with E-state index in [0.717, 1.165) is 33.9 Å². The van der Waals surface area contributed by atoms with Gasteiger partial charge in [0.2, 0.25) is 0 Å². The van der Waals surface area contributed by atoms with Crippen molar-refractivity contribution >= 4 is 8.60 Å². The lowest BCUT2D eigenvalue weighted by molar-refractivity contribution is 0.381. The first-order chi connectivity index (χ1) is 16.0. The van der Waals surface area contributed by atoms with E-state index in [4.69, 9.17) is 13.6 Å². The van der Waals surface area contributed by atoms with Crippen molar-refractivity contribution < 1.29 is 13.6 Å². The standard InChI is InChI=1S/C30H39O3P/c1-19(2)25-16-22(7)10-13-28(25)31-34(32-29-14-11-23(8)17-26(29)20(3)4)33-30-15-12-24(9)18-27(30)21(5)6/h10-21H,1-9H3. The summed E-state index contributed by atoms with van der Waals surface area (Å²) in [6.45, 7) is 19.4. The lowest BCUT2D eigenvalue weighted by Gasteiger charge is -2.24. The molecule has 4 heteroatoms. The van der Waals surface area contributed by atoms with Crippen molar-refractivity contribution in [2.75, 3.05) is 0 Å². The quantitative estimate of drug-likeness (QED) is 0.286. The lowest BCUT2D eigenvalue weighted by Crippen LogP contribution is -2.07. The molecule has 0 amide bonds. The Morgan fingerprint density at radius 3 is 0.971 bits per heavy atom. The molecule has 0 heterocycles. The summed E-state index contributed by atoms with van der Waals surface area (Å²) in [5.74, 6) is 3.39. The summed E-state index contributed by atoms with van der Waals surface area (Å²) in [6, 6.07) is 18.9. The monoisotopic (exact) mass is 478 g/mol. The SMILES string of the molecule is Cc1ccc(OP(Oc2ccc(C)cc2C(C)C)Oc2ccc(C)cc2C(C)C)c(C(C)C)c1. The van der Waals surface area contributed by atoms with Crippen LogP contribution in [0, 0.1) is 20.8 Å². The summed E-state index contributed by atoms with van der Waals surface area (Å²) in [6.07, 6.45) is 0. The smallest absolute Gasteiger partial charge is 0.408 e. The van der Waals surface area contributed by atoms with Crippen LogP contribution in [-0.2, 0) is 0 Å². The highest BCUT2D eigenvalue weighted by Crippen LogP contribution is 2.47. The van der Waals surface area contributed by atoms with Crippen LogP contribution in [-0.4, -0.2) is 0 Å². The van der Waals surface area contributed by atoms with E-state index in [2.05, 4.69) is 98.7 Å². The minimum absolute atomic E-state index is 0.322. The molecule has 0 aromatic heterocycles. The first kappa shape index (κ1) is 26.1. The second kappa shape index (κ2) is 11.3. The highest BCUT2D eigenvalue weighted by Gasteiger charge is 2.25. The van der Waals surface area contributed by atoms with Gasteiger partial charge in [0, 0.05) is 0 Å². The molecule has 3 nitrogen and oxygen atoms in total. The summed E-state index contributed by atoms with van der Waals surface area (Å²) in [5.41, 5.74) is 7.09. The minimum atomic E-state index is -1.74. The summed E-state index contributed by atoms with van der Waals surface area (Å²) < 4.78 is 19.6. The maximum atomic E-state index is 6.52. The number of rotatable bonds is 9. The van der Waals surface area contributed by atoms with Crippen LogP contribution in [0.15, 0.2) is 54.6 Å². The molecular formula is C30H39O3P. The topological polar surface area (TPSA) is 27.7 Å². The fraction of sp³-hybridized carbons (Fsp3) is 0.400. The molecule has 0 radical (unpaired) electrons. The lowest BCUT2D eigenvalue weighted by atomic mass is 10.0. The fourth-order valence-electron chi connectivity index (χ4n) is 3.90. The van der Waals surface area contributed by atoms with Gasteiger partial charge in [-0.1, -0.05) is 94.6 Å². The molecule has 0 fully saturated rings. The zero-order valence-corrected chi connectivity index (χ0v) is 23.0. The zero-order chi connectivity index (χ0) is 25.0. The normalized spacial score (nSPS) is 11.6. The van der Waals surface area contributed by atoms with Crippen LogP contribution in [0.2, 0.25) is 0 Å². The molecule has 0 unspecified atom stereocenters. The summed E-state index contributed by atoms with van der Waals surface area (Å²) in [4.78, 5) is 0. The molecule has 0 N–H and O–H groups in total. The predicted molar refractivity (Wildman–Crippen MR) is 145 cm³/mol. The van der Waals surface area contributed by atoms with Gasteiger partial charge in [-0.25, -0.2) is 0 Å². The average molecular weight is 479 g/mol. The Bertz CT molecular complexity index is 977. The number of benzene rings is 3. The van der Waals surface area contributed by atoms with Crippen LogP contribution in [0.1, 0.15) is 92.7 Å². The predicted octanol–water partition coefficient (Wildman–Crippen LogP) is 9.75. The van der Waals surface area contributed by atoms with Gasteiger partial charge in [0.05, 0.1) is 0 Å². The molecule has 0 aliphatic rings. The van der Waals surface area contributed by atoms with Crippen LogP contribution >= 0.6 is 8.60 Å². The first-order valence-electron chi connectivity index (χ1n) is 12.2. The summed E-state index contributed by atoms with van der Waals surface area (Å²) in [7, 11) is -1.74. The third-order valence-electron chi connectivity index (χ3n) is 5.88. The van der Waals surface area contributed by atoms with Crippen molar-refractivity contribution in [3.05, 3.63) is 88.0 Å². The van der Waals surface area contributed by atoms with Gasteiger partial charge >= 0.3 is 8.60 Å². The van der Waals surface area contributed by atoms with Crippen molar-refractivity contribution in [3.8, 4) is 17.2 Å². The molecule has 0 aliphatic carbocycles. The molecule has 0 spiro atoms. The molecule has 3 aromatic rings. The second-order valence-corrected chi connectivity index (χ2v) is 11.1. The Labute approximate surface area is 207 Å². The molecule has 0 atom stereocenters. The van der Waals surface area contributed by atoms with Gasteiger partial charge in [-0.3, -0.25) is 0 Å². The molecule has 3 aromatic carbocycles. The van der Waals surface area contributed by atoms with Crippen molar-refractivity contribution in [1.29, 1.82) is 0 Å². The van der Waals surface area contributed by atoms with Crippen molar-refractivity contribution in [3.63, 3.8) is 0 Å². The first-order valence-corrected chi connectivity index (χ1v) is 13.3. The van der Waals surface area contributed by atoms with Gasteiger partial charge in [0.15, 0.2) is 0 Å². The van der Waals surface area contributed by atoms with E-state index in [9.17, 15) is 0 Å². The fourth-order valence-corrected chi connectivity index (χ4v) is 5.00. The van der Waals surface area contributed by atoms with Gasteiger partial charge in [0.25, 0.3) is 0 Å². The van der Waals surface area contributed by atoms with E-state index in [-0.39, 0.29) is 0 Å². The van der Waals surface area contributed by atoms with Crippen molar-refractivity contribution in [1.82, 2.24) is 0 Å². The van der Waals surface area contributed by atoms with Crippen LogP contribution < -0.4 is 13.6 Å². The van der Waals surface area contributed by atoms with Crippen molar-refractivity contribution in [2.45, 2.75) is 80.1 Å². The Kier molecular flexibility index (Phi) is 8.66. The van der Waals surface area contributed by atoms with E-state index in [0.29, 0.717) is 17.8 Å². The van der Waals surface area contributed by atoms with E-state index in [1.807, 2.05) is 18.2 Å². The van der Waals surface area contributed by atoms with Gasteiger partial charge in [-0.15, -0.1) is 0 Å². The van der Waals surface area contributed by atoms with Crippen LogP contribution in [0.25, 0.3) is 0 Å². The van der Waals surface area contributed by atoms with E-state index < -0.39 is 8.60 Å². The second-order valence-electron chi connectivity index (χ2n) is 10.1. The van der Waals surface area contributed by atoms with Gasteiger partial charge < -0.3 is 13.6 Å². The molecule has 34 heavy (non-hydrogen) atoms. The minimum Gasteiger partial charge on any atom is -0.408 e. The Balaban J connectivity index is 2.03. The molecule has 3 rings (SSSR count). The zero-order valence-electron chi connectivity index (χ0n) is 22.1. The third kappa shape index (κ3) is 6.54. The molecule has 0 saturated carbocycles. The largest absolute Gasteiger partial charge is 0.530 e. The number of aryl methyl sites for hydroxylation is 3. The molecule has 182 valence electrons. The molecule has 0 bridgehead atoms. The maximum absolute atomic E-state index is 6.52. The summed E-state index contributed by atoms with van der Waals surface area (Å²) >= 11 is 0. The van der Waals surface area contributed by atoms with E-state index in [1.54, 1.807) is 0 Å². The molecule has 0 saturated heterocycles. The number of hydrogen-bond acceptors (Lipinski definition) is 3. The highest BCUT2D eigenvalue weighted by molar-refractivity contribution is 7.43. The Morgan fingerprint density at radius 1 is 0.471 bits per heavy atom. The highest BCUT2D eigenvalue weighted by atomic mass is 31.2.